The number of hydrogen-bond donors (Lipinski definition) is 4. The molecule has 14 heteroatoms. The first-order valence-corrected chi connectivity index (χ1v) is 16.0. The van der Waals surface area contributed by atoms with E-state index in [4.69, 9.17) is 4.74 Å². The van der Waals surface area contributed by atoms with Crippen LogP contribution in [-0.2, 0) is 41.6 Å². The second-order valence-electron chi connectivity index (χ2n) is 13.3. The second kappa shape index (κ2) is 16.5. The molecule has 0 aromatic heterocycles. The van der Waals surface area contributed by atoms with E-state index in [-0.39, 0.29) is 19.4 Å². The Labute approximate surface area is 283 Å². The quantitative estimate of drug-likeness (QED) is 0.220. The number of alkyl halides is 2. The maximum Gasteiger partial charge on any atom is 0.408 e. The molecule has 0 spiro atoms. The average molecular weight is 687 g/mol. The number of rotatable bonds is 14. The van der Waals surface area contributed by atoms with E-state index >= 15 is 8.78 Å². The highest BCUT2D eigenvalue weighted by molar-refractivity contribution is 6.11. The van der Waals surface area contributed by atoms with E-state index in [1.807, 2.05) is 0 Å². The summed E-state index contributed by atoms with van der Waals surface area (Å²) in [5.41, 5.74) is 0.0156. The van der Waals surface area contributed by atoms with Crippen molar-refractivity contribution in [2.75, 3.05) is 6.54 Å². The van der Waals surface area contributed by atoms with Gasteiger partial charge in [-0.05, 0) is 50.7 Å². The lowest BCUT2D eigenvalue weighted by molar-refractivity contribution is -0.162. The molecule has 1 fully saturated rings. The Bertz CT molecular complexity index is 1500. The van der Waals surface area contributed by atoms with Gasteiger partial charge in [-0.15, -0.1) is 0 Å². The highest BCUT2D eigenvalue weighted by Gasteiger charge is 2.52. The van der Waals surface area contributed by atoms with E-state index in [0.717, 1.165) is 0 Å². The third-order valence-electron chi connectivity index (χ3n) is 7.84. The molecule has 1 aliphatic rings. The zero-order chi connectivity index (χ0) is 36.5. The van der Waals surface area contributed by atoms with Crippen LogP contribution in [0, 0.1) is 5.92 Å². The predicted octanol–water partition coefficient (Wildman–Crippen LogP) is 3.27. The topological polar surface area (TPSA) is 171 Å². The number of aliphatic carboxylic acids is 1. The number of ether oxygens (including phenoxy) is 1. The van der Waals surface area contributed by atoms with Gasteiger partial charge in [0.15, 0.2) is 0 Å². The summed E-state index contributed by atoms with van der Waals surface area (Å²) in [6.07, 6.45) is -1.03. The number of alkyl carbamates (subject to hydrolysis) is 1. The van der Waals surface area contributed by atoms with Gasteiger partial charge in [0.05, 0.1) is 6.04 Å². The predicted molar refractivity (Wildman–Crippen MR) is 174 cm³/mol. The summed E-state index contributed by atoms with van der Waals surface area (Å²) in [5.74, 6) is -12.3. The summed E-state index contributed by atoms with van der Waals surface area (Å²) in [7, 11) is 0. The fourth-order valence-electron chi connectivity index (χ4n) is 5.39. The zero-order valence-corrected chi connectivity index (χ0v) is 28.2. The molecule has 1 saturated heterocycles. The summed E-state index contributed by atoms with van der Waals surface area (Å²) in [4.78, 5) is 79.0. The molecule has 4 N–H and O–H groups in total. The van der Waals surface area contributed by atoms with Gasteiger partial charge in [-0.2, -0.15) is 8.78 Å². The van der Waals surface area contributed by atoms with Crippen molar-refractivity contribution in [3.05, 3.63) is 71.8 Å². The number of carbonyl (C=O) groups is 6. The summed E-state index contributed by atoms with van der Waals surface area (Å²) in [5, 5.41) is 16.3. The maximum absolute atomic E-state index is 15.6. The Balaban J connectivity index is 1.82. The van der Waals surface area contributed by atoms with Gasteiger partial charge in [0.25, 0.3) is 5.91 Å². The van der Waals surface area contributed by atoms with Gasteiger partial charge >= 0.3 is 18.0 Å². The van der Waals surface area contributed by atoms with Gasteiger partial charge in [0.1, 0.15) is 23.7 Å². The molecule has 12 nitrogen and oxygen atoms in total. The van der Waals surface area contributed by atoms with E-state index in [1.165, 1.54) is 4.90 Å². The minimum absolute atomic E-state index is 0.129. The Hall–Kier alpha value is -4.88. The normalized spacial score (nSPS) is 16.7. The molecule has 1 heterocycles. The third kappa shape index (κ3) is 10.8. The van der Waals surface area contributed by atoms with Crippen molar-refractivity contribution in [1.29, 1.82) is 0 Å². The van der Waals surface area contributed by atoms with Crippen LogP contribution < -0.4 is 16.0 Å². The smallest absolute Gasteiger partial charge is 0.408 e. The van der Waals surface area contributed by atoms with Crippen molar-refractivity contribution in [1.82, 2.24) is 20.9 Å². The SMILES string of the molecule is CC(C)[C@H](NC(=O)OC(C)(C)C)C(=O)N1CCC[C@H]1C(=O)NC(Cc1ccccc1)C(=O)C(F)(F)C(=O)NC(Cc1ccccc1)C(=O)O. The molecular weight excluding hydrogens is 642 g/mol. The number of nitrogens with zero attached hydrogens (tertiary/aromatic N) is 1. The number of hydrogen-bond acceptors (Lipinski definition) is 7. The average Bonchev–Trinajstić information content (AvgIpc) is 3.52. The molecule has 0 saturated carbocycles. The number of ketones is 1. The Kier molecular flexibility index (Phi) is 13.0. The van der Waals surface area contributed by atoms with Gasteiger partial charge in [0, 0.05) is 19.4 Å². The molecule has 1 aliphatic heterocycles. The second-order valence-corrected chi connectivity index (χ2v) is 13.3. The lowest BCUT2D eigenvalue weighted by Gasteiger charge is -2.32. The molecule has 0 aliphatic carbocycles. The maximum atomic E-state index is 15.6. The van der Waals surface area contributed by atoms with Crippen molar-refractivity contribution in [3.63, 3.8) is 0 Å². The number of carboxylic acids is 1. The molecule has 4 amide bonds. The summed E-state index contributed by atoms with van der Waals surface area (Å²) in [6, 6.07) is 10.1. The van der Waals surface area contributed by atoms with E-state index in [0.29, 0.717) is 17.5 Å². The zero-order valence-electron chi connectivity index (χ0n) is 28.2. The number of amides is 4. The summed E-state index contributed by atoms with van der Waals surface area (Å²) in [6.45, 7) is 8.51. The van der Waals surface area contributed by atoms with Gasteiger partial charge < -0.3 is 30.7 Å². The van der Waals surface area contributed by atoms with Crippen LogP contribution in [0.4, 0.5) is 13.6 Å². The number of Topliss-reactive ketones (excluding diaryl/α,β-unsaturated/α-hetero) is 1. The number of nitrogens with one attached hydrogen (secondary N) is 3. The first-order valence-electron chi connectivity index (χ1n) is 16.0. The van der Waals surface area contributed by atoms with Crippen molar-refractivity contribution in [2.45, 2.75) is 96.0 Å². The first kappa shape index (κ1) is 38.6. The fourth-order valence-corrected chi connectivity index (χ4v) is 5.39. The fraction of sp³-hybridized carbons (Fsp3) is 0.486. The monoisotopic (exact) mass is 686 g/mol. The number of carbonyl (C=O) groups excluding carboxylic acids is 5. The van der Waals surface area contributed by atoms with E-state index < -0.39 is 83.6 Å². The molecule has 2 unspecified atom stereocenters. The Morgan fingerprint density at radius 2 is 1.39 bits per heavy atom. The van der Waals surface area contributed by atoms with Gasteiger partial charge in [0.2, 0.25) is 17.6 Å². The van der Waals surface area contributed by atoms with Crippen LogP contribution in [0.25, 0.3) is 0 Å². The van der Waals surface area contributed by atoms with Crippen LogP contribution in [0.1, 0.15) is 58.6 Å². The molecule has 4 atom stereocenters. The van der Waals surface area contributed by atoms with Gasteiger partial charge in [-0.25, -0.2) is 9.59 Å². The van der Waals surface area contributed by atoms with E-state index in [1.54, 1.807) is 101 Å². The van der Waals surface area contributed by atoms with Gasteiger partial charge in [-0.1, -0.05) is 74.5 Å². The summed E-state index contributed by atoms with van der Waals surface area (Å²) < 4.78 is 36.4. The molecule has 0 bridgehead atoms. The van der Waals surface area contributed by atoms with Crippen molar-refractivity contribution < 1.29 is 47.4 Å². The van der Waals surface area contributed by atoms with E-state index in [2.05, 4.69) is 10.6 Å². The van der Waals surface area contributed by atoms with Crippen molar-refractivity contribution in [2.24, 2.45) is 5.92 Å². The van der Waals surface area contributed by atoms with Crippen LogP contribution in [0.15, 0.2) is 60.7 Å². The van der Waals surface area contributed by atoms with Crippen LogP contribution in [0.3, 0.4) is 0 Å². The number of halogens is 2. The molecule has 0 radical (unpaired) electrons. The van der Waals surface area contributed by atoms with Crippen molar-refractivity contribution >= 4 is 35.6 Å². The largest absolute Gasteiger partial charge is 0.480 e. The van der Waals surface area contributed by atoms with Crippen LogP contribution in [0.5, 0.6) is 0 Å². The van der Waals surface area contributed by atoms with Crippen LogP contribution >= 0.6 is 0 Å². The number of carboxylic acid groups (broad SMARTS) is 1. The molecule has 266 valence electrons. The first-order chi connectivity index (χ1) is 22.9. The van der Waals surface area contributed by atoms with Crippen LogP contribution in [0.2, 0.25) is 0 Å². The Morgan fingerprint density at radius 3 is 1.88 bits per heavy atom. The third-order valence-corrected chi connectivity index (χ3v) is 7.84. The van der Waals surface area contributed by atoms with Crippen molar-refractivity contribution in [3.8, 4) is 0 Å². The Morgan fingerprint density at radius 1 is 0.857 bits per heavy atom. The standard InChI is InChI=1S/C35H44F2N4O8/c1-21(2)27(40-33(48)49-34(3,4)5)30(44)41-18-12-17-26(41)29(43)38-24(19-22-13-8-6-9-14-22)28(42)35(36,37)32(47)39-25(31(45)46)20-23-15-10-7-11-16-23/h6-11,13-16,21,24-27H,12,17-20H2,1-5H3,(H,38,43)(H,39,47)(H,40,48)(H,45,46)/t24?,25?,26-,27-/m0/s1. The number of benzene rings is 2. The highest BCUT2D eigenvalue weighted by atomic mass is 19.3. The molecule has 3 rings (SSSR count). The molecular formula is C35H44F2N4O8. The molecule has 2 aromatic rings. The summed E-state index contributed by atoms with van der Waals surface area (Å²) >= 11 is 0. The molecule has 49 heavy (non-hydrogen) atoms. The van der Waals surface area contributed by atoms with Crippen LogP contribution in [-0.4, -0.2) is 87.8 Å². The van der Waals surface area contributed by atoms with E-state index in [9.17, 15) is 33.9 Å². The minimum atomic E-state index is -4.73. The molecule has 2 aromatic carbocycles. The minimum Gasteiger partial charge on any atom is -0.480 e. The lowest BCUT2D eigenvalue weighted by atomic mass is 9.97. The lowest BCUT2D eigenvalue weighted by Crippen LogP contribution is -2.60. The highest BCUT2D eigenvalue weighted by Crippen LogP contribution is 2.24. The van der Waals surface area contributed by atoms with Gasteiger partial charge in [-0.3, -0.25) is 19.2 Å². The number of likely N-dealkylation sites (tertiary alicyclic amines) is 1.